The quantitative estimate of drug-likeness (QED) is 0.541. The third kappa shape index (κ3) is 3.72. The molecule has 1 aromatic rings. The highest BCUT2D eigenvalue weighted by Crippen LogP contribution is 2.13. The summed E-state index contributed by atoms with van der Waals surface area (Å²) < 4.78 is 0. The van der Waals surface area contributed by atoms with Gasteiger partial charge in [-0.05, 0) is 24.6 Å². The van der Waals surface area contributed by atoms with E-state index in [4.69, 9.17) is 17.9 Å². The molecule has 0 saturated heterocycles. The van der Waals surface area contributed by atoms with Crippen LogP contribution in [0.1, 0.15) is 30.1 Å². The molecule has 90 valence electrons. The number of benzene rings is 1. The highest BCUT2D eigenvalue weighted by atomic mass is 16.1. The van der Waals surface area contributed by atoms with Crippen molar-refractivity contribution >= 4 is 17.3 Å². The Morgan fingerprint density at radius 3 is 2.47 bits per heavy atom. The SMILES string of the molecule is C#CC(CCC)NC(=O)c1cc(N)cc(N)c1. The predicted octanol–water partition coefficient (Wildman–Crippen LogP) is 1.38. The Kier molecular flexibility index (Phi) is 4.41. The van der Waals surface area contributed by atoms with Gasteiger partial charge >= 0.3 is 0 Å². The van der Waals surface area contributed by atoms with Gasteiger partial charge in [0.2, 0.25) is 0 Å². The molecule has 4 heteroatoms. The first-order valence-electron chi connectivity index (χ1n) is 5.49. The average Bonchev–Trinajstić information content (AvgIpc) is 2.27. The van der Waals surface area contributed by atoms with E-state index < -0.39 is 0 Å². The van der Waals surface area contributed by atoms with Gasteiger partial charge in [0.25, 0.3) is 5.91 Å². The van der Waals surface area contributed by atoms with Crippen molar-refractivity contribution in [2.24, 2.45) is 0 Å². The number of nitrogens with two attached hydrogens (primary N) is 2. The molecule has 1 unspecified atom stereocenters. The maximum Gasteiger partial charge on any atom is 0.252 e. The molecule has 0 saturated carbocycles. The minimum absolute atomic E-state index is 0.250. The van der Waals surface area contributed by atoms with Crippen LogP contribution in [0.3, 0.4) is 0 Å². The van der Waals surface area contributed by atoms with E-state index in [2.05, 4.69) is 11.2 Å². The number of rotatable bonds is 4. The molecule has 0 heterocycles. The number of nitrogen functional groups attached to an aromatic ring is 2. The first-order chi connectivity index (χ1) is 8.06. The maximum absolute atomic E-state index is 11.9. The number of amides is 1. The van der Waals surface area contributed by atoms with Crippen molar-refractivity contribution in [3.8, 4) is 12.3 Å². The van der Waals surface area contributed by atoms with E-state index in [9.17, 15) is 4.79 Å². The van der Waals surface area contributed by atoms with E-state index in [-0.39, 0.29) is 11.9 Å². The lowest BCUT2D eigenvalue weighted by molar-refractivity contribution is 0.0944. The van der Waals surface area contributed by atoms with Crippen molar-refractivity contribution in [3.05, 3.63) is 23.8 Å². The molecule has 17 heavy (non-hydrogen) atoms. The first kappa shape index (κ1) is 12.9. The second-order valence-corrected chi connectivity index (χ2v) is 3.87. The van der Waals surface area contributed by atoms with Crippen molar-refractivity contribution in [3.63, 3.8) is 0 Å². The second kappa shape index (κ2) is 5.80. The number of carbonyl (C=O) groups is 1. The monoisotopic (exact) mass is 231 g/mol. The lowest BCUT2D eigenvalue weighted by Gasteiger charge is -2.12. The average molecular weight is 231 g/mol. The maximum atomic E-state index is 11.9. The van der Waals surface area contributed by atoms with Crippen LogP contribution in [0.25, 0.3) is 0 Å². The van der Waals surface area contributed by atoms with E-state index in [1.807, 2.05) is 6.92 Å². The summed E-state index contributed by atoms with van der Waals surface area (Å²) in [5, 5.41) is 2.75. The van der Waals surface area contributed by atoms with Gasteiger partial charge in [0.05, 0.1) is 6.04 Å². The van der Waals surface area contributed by atoms with Crippen LogP contribution in [0.15, 0.2) is 18.2 Å². The summed E-state index contributed by atoms with van der Waals surface area (Å²) in [5.41, 5.74) is 12.6. The number of anilines is 2. The number of carbonyl (C=O) groups excluding carboxylic acids is 1. The fourth-order valence-electron chi connectivity index (χ4n) is 1.54. The molecular weight excluding hydrogens is 214 g/mol. The molecule has 5 N–H and O–H groups in total. The molecule has 0 fully saturated rings. The van der Waals surface area contributed by atoms with Crippen molar-refractivity contribution < 1.29 is 4.79 Å². The summed E-state index contributed by atoms with van der Waals surface area (Å²) in [6.45, 7) is 2.01. The van der Waals surface area contributed by atoms with Crippen molar-refractivity contribution in [1.82, 2.24) is 5.32 Å². The van der Waals surface area contributed by atoms with Gasteiger partial charge in [0.15, 0.2) is 0 Å². The van der Waals surface area contributed by atoms with Gasteiger partial charge in [0, 0.05) is 16.9 Å². The zero-order chi connectivity index (χ0) is 12.8. The summed E-state index contributed by atoms with van der Waals surface area (Å²) in [6.07, 6.45) is 6.99. The van der Waals surface area contributed by atoms with Crippen LogP contribution in [-0.4, -0.2) is 11.9 Å². The molecule has 1 aromatic carbocycles. The van der Waals surface area contributed by atoms with Crippen LogP contribution in [0.4, 0.5) is 11.4 Å². The molecule has 0 aliphatic heterocycles. The Balaban J connectivity index is 2.79. The second-order valence-electron chi connectivity index (χ2n) is 3.87. The molecule has 0 radical (unpaired) electrons. The summed E-state index contributed by atoms with van der Waals surface area (Å²) >= 11 is 0. The van der Waals surface area contributed by atoms with E-state index in [1.54, 1.807) is 18.2 Å². The third-order valence-corrected chi connectivity index (χ3v) is 2.32. The van der Waals surface area contributed by atoms with Gasteiger partial charge in [-0.3, -0.25) is 4.79 Å². The van der Waals surface area contributed by atoms with Gasteiger partial charge in [0.1, 0.15) is 0 Å². The van der Waals surface area contributed by atoms with E-state index >= 15 is 0 Å². The largest absolute Gasteiger partial charge is 0.399 e. The molecule has 0 aliphatic rings. The number of nitrogens with one attached hydrogen (secondary N) is 1. The summed E-state index contributed by atoms with van der Waals surface area (Å²) in [5.74, 6) is 2.29. The highest BCUT2D eigenvalue weighted by molar-refractivity contribution is 5.96. The Labute approximate surface area is 101 Å². The Morgan fingerprint density at radius 2 is 2.00 bits per heavy atom. The predicted molar refractivity (Wildman–Crippen MR) is 70.3 cm³/mol. The van der Waals surface area contributed by atoms with Gasteiger partial charge in [-0.25, -0.2) is 0 Å². The minimum Gasteiger partial charge on any atom is -0.399 e. The van der Waals surface area contributed by atoms with Gasteiger partial charge < -0.3 is 16.8 Å². The van der Waals surface area contributed by atoms with Gasteiger partial charge in [-0.15, -0.1) is 6.42 Å². The van der Waals surface area contributed by atoms with Crippen LogP contribution < -0.4 is 16.8 Å². The molecule has 0 aliphatic carbocycles. The van der Waals surface area contributed by atoms with Crippen LogP contribution >= 0.6 is 0 Å². The fourth-order valence-corrected chi connectivity index (χ4v) is 1.54. The Morgan fingerprint density at radius 1 is 1.41 bits per heavy atom. The lowest BCUT2D eigenvalue weighted by Crippen LogP contribution is -2.33. The smallest absolute Gasteiger partial charge is 0.252 e. The molecule has 1 rings (SSSR count). The van der Waals surface area contributed by atoms with E-state index in [0.717, 1.165) is 12.8 Å². The first-order valence-corrected chi connectivity index (χ1v) is 5.49. The van der Waals surface area contributed by atoms with Crippen LogP contribution in [0, 0.1) is 12.3 Å². The standard InChI is InChI=1S/C13H17N3O/c1-3-5-12(4-2)16-13(17)9-6-10(14)8-11(15)7-9/h2,6-8,12H,3,5,14-15H2,1H3,(H,16,17). The van der Waals surface area contributed by atoms with Crippen molar-refractivity contribution in [2.45, 2.75) is 25.8 Å². The molecule has 0 bridgehead atoms. The summed E-state index contributed by atoms with van der Waals surface area (Å²) in [7, 11) is 0. The third-order valence-electron chi connectivity index (χ3n) is 2.32. The summed E-state index contributed by atoms with van der Waals surface area (Å²) in [6, 6.07) is 4.49. The Bertz CT molecular complexity index is 428. The molecule has 0 aromatic heterocycles. The van der Waals surface area contributed by atoms with E-state index in [1.165, 1.54) is 0 Å². The normalized spacial score (nSPS) is 11.5. The zero-order valence-electron chi connectivity index (χ0n) is 9.86. The lowest BCUT2D eigenvalue weighted by atomic mass is 10.1. The number of terminal acetylenes is 1. The molecule has 0 spiro atoms. The minimum atomic E-state index is -0.254. The summed E-state index contributed by atoms with van der Waals surface area (Å²) in [4.78, 5) is 11.9. The van der Waals surface area contributed by atoms with Crippen molar-refractivity contribution in [2.75, 3.05) is 11.5 Å². The van der Waals surface area contributed by atoms with Crippen molar-refractivity contribution in [1.29, 1.82) is 0 Å². The highest BCUT2D eigenvalue weighted by Gasteiger charge is 2.11. The van der Waals surface area contributed by atoms with Gasteiger partial charge in [-0.2, -0.15) is 0 Å². The number of hydrogen-bond donors (Lipinski definition) is 3. The van der Waals surface area contributed by atoms with Crippen LogP contribution in [0.5, 0.6) is 0 Å². The fraction of sp³-hybridized carbons (Fsp3) is 0.308. The van der Waals surface area contributed by atoms with Crippen LogP contribution in [-0.2, 0) is 0 Å². The zero-order valence-corrected chi connectivity index (χ0v) is 9.86. The molecule has 1 amide bonds. The molecule has 4 nitrogen and oxygen atoms in total. The number of hydrogen-bond acceptors (Lipinski definition) is 3. The molecular formula is C13H17N3O. The molecule has 1 atom stereocenters. The van der Waals surface area contributed by atoms with Crippen LogP contribution in [0.2, 0.25) is 0 Å². The van der Waals surface area contributed by atoms with Gasteiger partial charge in [-0.1, -0.05) is 19.3 Å². The topological polar surface area (TPSA) is 81.1 Å². The van der Waals surface area contributed by atoms with E-state index in [0.29, 0.717) is 16.9 Å². The Hall–Kier alpha value is -2.15.